The van der Waals surface area contributed by atoms with Gasteiger partial charge in [-0.3, -0.25) is 10.3 Å². The number of nitrogens with one attached hydrogen (secondary N) is 2. The average Bonchev–Trinajstić information content (AvgIpc) is 3.51. The van der Waals surface area contributed by atoms with Crippen LogP contribution in [0.4, 0.5) is 22.7 Å². The molecule has 0 aliphatic carbocycles. The van der Waals surface area contributed by atoms with Gasteiger partial charge in [-0.25, -0.2) is 9.78 Å². The van der Waals surface area contributed by atoms with Gasteiger partial charge in [0.05, 0.1) is 12.3 Å². The van der Waals surface area contributed by atoms with E-state index >= 15 is 0 Å². The highest BCUT2D eigenvalue weighted by atomic mass is 32.1. The zero-order valence-corrected chi connectivity index (χ0v) is 23.9. The molecule has 10 nitrogen and oxygen atoms in total. The van der Waals surface area contributed by atoms with Crippen molar-refractivity contribution in [2.24, 2.45) is 0 Å². The number of nitrogens with zero attached hydrogens (tertiary/aromatic N) is 6. The number of rotatable bonds is 11. The molecule has 3 aromatic heterocycles. The molecule has 208 valence electrons. The van der Waals surface area contributed by atoms with Crippen LogP contribution >= 0.6 is 11.3 Å². The molecule has 0 amide bonds. The van der Waals surface area contributed by atoms with E-state index in [1.807, 2.05) is 19.2 Å². The SMILES string of the molecule is CCOC(=O)c1sc(Nc2nc(NCCCN3CCCCC3C)c3c(n2)N(Cc2cccnc2)CC3)nc1C. The number of ether oxygens (including phenoxy) is 1. The standard InChI is InChI=1S/C28H38N8O2S/c1-4-38-26(37)23-20(3)31-28(39-23)34-27-32-24(30-13-8-15-35-14-6-5-9-19(35)2)22-11-16-36(25(22)33-27)18-21-10-7-12-29-17-21/h7,10,12,17,19H,4-6,8-9,11,13-16,18H2,1-3H3,(H2,30,31,32,33,34). The number of thiazole rings is 1. The monoisotopic (exact) mass is 550 g/mol. The number of hydrogen-bond donors (Lipinski definition) is 2. The van der Waals surface area contributed by atoms with Gasteiger partial charge in [-0.15, -0.1) is 0 Å². The maximum atomic E-state index is 12.3. The van der Waals surface area contributed by atoms with Gasteiger partial charge in [-0.1, -0.05) is 23.8 Å². The number of esters is 1. The van der Waals surface area contributed by atoms with Crippen LogP contribution < -0.4 is 15.5 Å². The zero-order chi connectivity index (χ0) is 27.2. The summed E-state index contributed by atoms with van der Waals surface area (Å²) in [6.45, 7) is 11.0. The molecule has 0 spiro atoms. The Morgan fingerprint density at radius 2 is 2.13 bits per heavy atom. The van der Waals surface area contributed by atoms with E-state index in [9.17, 15) is 4.79 Å². The second kappa shape index (κ2) is 12.7. The molecule has 0 aromatic carbocycles. The minimum atomic E-state index is -0.358. The van der Waals surface area contributed by atoms with E-state index in [1.165, 1.54) is 37.1 Å². The summed E-state index contributed by atoms with van der Waals surface area (Å²) in [5, 5.41) is 7.44. The molecule has 5 rings (SSSR count). The van der Waals surface area contributed by atoms with Crippen molar-refractivity contribution < 1.29 is 9.53 Å². The quantitative estimate of drug-likeness (QED) is 0.255. The molecule has 0 saturated carbocycles. The molecule has 1 atom stereocenters. The Balaban J connectivity index is 1.34. The molecule has 3 aromatic rings. The van der Waals surface area contributed by atoms with Crippen LogP contribution in [0.3, 0.4) is 0 Å². The fraction of sp³-hybridized carbons (Fsp3) is 0.536. The molecule has 2 aliphatic heterocycles. The van der Waals surface area contributed by atoms with Crippen LogP contribution in [0.5, 0.6) is 0 Å². The van der Waals surface area contributed by atoms with Crippen molar-refractivity contribution in [2.75, 3.05) is 48.3 Å². The van der Waals surface area contributed by atoms with Crippen molar-refractivity contribution >= 4 is 40.0 Å². The third-order valence-corrected chi connectivity index (χ3v) is 8.40. The molecule has 0 bridgehead atoms. The molecular weight excluding hydrogens is 512 g/mol. The summed E-state index contributed by atoms with van der Waals surface area (Å²) in [7, 11) is 0. The minimum Gasteiger partial charge on any atom is -0.462 e. The fourth-order valence-electron chi connectivity index (χ4n) is 5.29. The van der Waals surface area contributed by atoms with E-state index in [2.05, 4.69) is 43.4 Å². The highest BCUT2D eigenvalue weighted by Crippen LogP contribution is 2.34. The molecule has 1 saturated heterocycles. The normalized spacial score (nSPS) is 17.2. The highest BCUT2D eigenvalue weighted by Gasteiger charge is 2.27. The van der Waals surface area contributed by atoms with Crippen molar-refractivity contribution in [1.82, 2.24) is 24.8 Å². The molecule has 1 unspecified atom stereocenters. The lowest BCUT2D eigenvalue weighted by Crippen LogP contribution is -2.38. The predicted octanol–water partition coefficient (Wildman–Crippen LogP) is 4.80. The summed E-state index contributed by atoms with van der Waals surface area (Å²) >= 11 is 1.26. The summed E-state index contributed by atoms with van der Waals surface area (Å²) in [5.41, 5.74) is 2.90. The van der Waals surface area contributed by atoms with E-state index in [4.69, 9.17) is 14.7 Å². The minimum absolute atomic E-state index is 0.325. The van der Waals surface area contributed by atoms with Gasteiger partial charge in [0, 0.05) is 50.2 Å². The Bertz CT molecular complexity index is 1270. The molecule has 0 radical (unpaired) electrons. The van der Waals surface area contributed by atoms with Crippen LogP contribution in [-0.2, 0) is 17.7 Å². The van der Waals surface area contributed by atoms with Crippen molar-refractivity contribution in [3.63, 3.8) is 0 Å². The van der Waals surface area contributed by atoms with Crippen LogP contribution in [-0.4, -0.2) is 69.6 Å². The van der Waals surface area contributed by atoms with E-state index < -0.39 is 0 Å². The van der Waals surface area contributed by atoms with Gasteiger partial charge in [-0.05, 0) is 64.6 Å². The third-order valence-electron chi connectivity index (χ3n) is 7.34. The van der Waals surface area contributed by atoms with E-state index in [1.54, 1.807) is 13.1 Å². The van der Waals surface area contributed by atoms with Gasteiger partial charge in [0.1, 0.15) is 16.5 Å². The second-order valence-electron chi connectivity index (χ2n) is 10.2. The highest BCUT2D eigenvalue weighted by molar-refractivity contribution is 7.17. The number of aryl methyl sites for hydroxylation is 1. The first-order valence-corrected chi connectivity index (χ1v) is 14.8. The molecule has 39 heavy (non-hydrogen) atoms. The number of likely N-dealkylation sites (tertiary alicyclic amines) is 1. The largest absolute Gasteiger partial charge is 0.462 e. The number of pyridine rings is 1. The second-order valence-corrected chi connectivity index (χ2v) is 11.2. The summed E-state index contributed by atoms with van der Waals surface area (Å²) in [6.07, 6.45) is 9.56. The first-order chi connectivity index (χ1) is 19.0. The predicted molar refractivity (Wildman–Crippen MR) is 155 cm³/mol. The Hall–Kier alpha value is -3.31. The smallest absolute Gasteiger partial charge is 0.350 e. The van der Waals surface area contributed by atoms with E-state index in [0.717, 1.165) is 61.8 Å². The van der Waals surface area contributed by atoms with E-state index in [0.29, 0.717) is 34.3 Å². The van der Waals surface area contributed by atoms with Gasteiger partial charge in [0.15, 0.2) is 5.13 Å². The Kier molecular flexibility index (Phi) is 8.88. The summed E-state index contributed by atoms with van der Waals surface area (Å²) in [5.74, 6) is 1.88. The number of anilines is 4. The zero-order valence-electron chi connectivity index (χ0n) is 23.1. The van der Waals surface area contributed by atoms with Gasteiger partial charge >= 0.3 is 5.97 Å². The van der Waals surface area contributed by atoms with Gasteiger partial charge in [0.25, 0.3) is 0 Å². The van der Waals surface area contributed by atoms with Gasteiger partial charge in [0.2, 0.25) is 5.95 Å². The lowest BCUT2D eigenvalue weighted by Gasteiger charge is -2.33. The number of fused-ring (bicyclic) bond motifs is 1. The lowest BCUT2D eigenvalue weighted by molar-refractivity contribution is 0.0531. The van der Waals surface area contributed by atoms with Crippen LogP contribution in [0.1, 0.15) is 66.0 Å². The maximum Gasteiger partial charge on any atom is 0.350 e. The van der Waals surface area contributed by atoms with Crippen molar-refractivity contribution in [2.45, 2.75) is 65.5 Å². The van der Waals surface area contributed by atoms with Crippen molar-refractivity contribution in [3.05, 3.63) is 46.2 Å². The van der Waals surface area contributed by atoms with Crippen LogP contribution in [0.2, 0.25) is 0 Å². The maximum absolute atomic E-state index is 12.3. The number of aromatic nitrogens is 4. The fourth-order valence-corrected chi connectivity index (χ4v) is 6.15. The Morgan fingerprint density at radius 1 is 1.23 bits per heavy atom. The first-order valence-electron chi connectivity index (χ1n) is 14.0. The van der Waals surface area contributed by atoms with Crippen LogP contribution in [0.25, 0.3) is 0 Å². The number of carbonyl (C=O) groups excluding carboxylic acids is 1. The van der Waals surface area contributed by atoms with Crippen LogP contribution in [0, 0.1) is 6.92 Å². The molecule has 2 aliphatic rings. The number of hydrogen-bond acceptors (Lipinski definition) is 11. The van der Waals surface area contributed by atoms with Crippen molar-refractivity contribution in [1.29, 1.82) is 0 Å². The summed E-state index contributed by atoms with van der Waals surface area (Å²) in [4.78, 5) is 36.2. The number of piperidine rings is 1. The Morgan fingerprint density at radius 3 is 2.92 bits per heavy atom. The number of carbonyl (C=O) groups is 1. The Labute approximate surface area is 234 Å². The molecule has 2 N–H and O–H groups in total. The average molecular weight is 551 g/mol. The molecule has 1 fully saturated rings. The van der Waals surface area contributed by atoms with Gasteiger partial charge in [-0.2, -0.15) is 9.97 Å². The third kappa shape index (κ3) is 6.65. The topological polar surface area (TPSA) is 108 Å². The molecular formula is C28H38N8O2S. The van der Waals surface area contributed by atoms with E-state index in [-0.39, 0.29) is 5.97 Å². The first kappa shape index (κ1) is 27.3. The van der Waals surface area contributed by atoms with Crippen LogP contribution in [0.15, 0.2) is 24.5 Å². The summed E-state index contributed by atoms with van der Waals surface area (Å²) in [6, 6.07) is 4.71. The lowest BCUT2D eigenvalue weighted by atomic mass is 10.0. The molecule has 5 heterocycles. The van der Waals surface area contributed by atoms with Crippen molar-refractivity contribution in [3.8, 4) is 0 Å². The molecule has 11 heteroatoms. The van der Waals surface area contributed by atoms with Gasteiger partial charge < -0.3 is 19.9 Å². The summed E-state index contributed by atoms with van der Waals surface area (Å²) < 4.78 is 5.18.